The van der Waals surface area contributed by atoms with Gasteiger partial charge in [-0.1, -0.05) is 18.2 Å². The Bertz CT molecular complexity index is 1030. The van der Waals surface area contributed by atoms with Crippen molar-refractivity contribution in [3.8, 4) is 5.82 Å². The van der Waals surface area contributed by atoms with Gasteiger partial charge in [-0.25, -0.2) is 14.1 Å². The summed E-state index contributed by atoms with van der Waals surface area (Å²) in [6, 6.07) is 8.41. The topological polar surface area (TPSA) is 67.2 Å². The van der Waals surface area contributed by atoms with E-state index in [1.54, 1.807) is 40.2 Å². The van der Waals surface area contributed by atoms with E-state index in [2.05, 4.69) is 15.0 Å². The third-order valence-electron chi connectivity index (χ3n) is 5.09. The molecule has 0 spiro atoms. The summed E-state index contributed by atoms with van der Waals surface area (Å²) < 4.78 is 15.6. The maximum absolute atomic E-state index is 13.8. The zero-order valence-corrected chi connectivity index (χ0v) is 16.5. The van der Waals surface area contributed by atoms with Crippen LogP contribution in [0.3, 0.4) is 0 Å². The SMILES string of the molecule is Cc1cc(C)n(-c2cncc(N3CCN(C(=O)Cc4ccccc4F)CC3)n2)n1. The van der Waals surface area contributed by atoms with Crippen LogP contribution < -0.4 is 4.90 Å². The van der Waals surface area contributed by atoms with E-state index in [4.69, 9.17) is 4.98 Å². The molecule has 0 atom stereocenters. The maximum Gasteiger partial charge on any atom is 0.227 e. The molecule has 7 nitrogen and oxygen atoms in total. The first-order valence-electron chi connectivity index (χ1n) is 9.63. The van der Waals surface area contributed by atoms with Crippen LogP contribution in [0, 0.1) is 19.7 Å². The van der Waals surface area contributed by atoms with Crippen molar-refractivity contribution >= 4 is 11.7 Å². The highest BCUT2D eigenvalue weighted by molar-refractivity contribution is 5.79. The van der Waals surface area contributed by atoms with E-state index >= 15 is 0 Å². The number of nitrogens with zero attached hydrogens (tertiary/aromatic N) is 6. The Balaban J connectivity index is 1.41. The zero-order valence-electron chi connectivity index (χ0n) is 16.5. The predicted octanol–water partition coefficient (Wildman–Crippen LogP) is 2.31. The van der Waals surface area contributed by atoms with Gasteiger partial charge >= 0.3 is 0 Å². The molecule has 0 radical (unpaired) electrons. The van der Waals surface area contributed by atoms with Crippen molar-refractivity contribution in [2.75, 3.05) is 31.1 Å². The number of hydrogen-bond donors (Lipinski definition) is 0. The lowest BCUT2D eigenvalue weighted by molar-refractivity contribution is -0.130. The molecule has 2 aromatic heterocycles. The molecule has 0 N–H and O–H groups in total. The number of benzene rings is 1. The molecule has 0 bridgehead atoms. The fourth-order valence-electron chi connectivity index (χ4n) is 3.56. The molecule has 8 heteroatoms. The molecule has 0 saturated carbocycles. The van der Waals surface area contributed by atoms with Gasteiger partial charge < -0.3 is 9.80 Å². The van der Waals surface area contributed by atoms with Gasteiger partial charge in [0.1, 0.15) is 11.6 Å². The number of amides is 1. The quantitative estimate of drug-likeness (QED) is 0.679. The van der Waals surface area contributed by atoms with Crippen LogP contribution in [0.25, 0.3) is 5.82 Å². The standard InChI is InChI=1S/C21H23FN6O/c1-15-11-16(2)28(25-15)20-14-23-13-19(24-20)26-7-9-27(10-8-26)21(29)12-17-5-3-4-6-18(17)22/h3-6,11,13-14H,7-10,12H2,1-2H3. The van der Waals surface area contributed by atoms with Gasteiger partial charge in [0.2, 0.25) is 5.91 Å². The summed E-state index contributed by atoms with van der Waals surface area (Å²) in [6.45, 7) is 6.36. The van der Waals surface area contributed by atoms with Gasteiger partial charge in [-0.05, 0) is 31.5 Å². The number of aromatic nitrogens is 4. The van der Waals surface area contributed by atoms with Crippen molar-refractivity contribution in [1.29, 1.82) is 0 Å². The van der Waals surface area contributed by atoms with Gasteiger partial charge in [0.25, 0.3) is 0 Å². The number of carbonyl (C=O) groups is 1. The molecule has 1 saturated heterocycles. The second kappa shape index (κ2) is 7.98. The van der Waals surface area contributed by atoms with E-state index in [9.17, 15) is 9.18 Å². The van der Waals surface area contributed by atoms with E-state index in [1.807, 2.05) is 19.9 Å². The first kappa shape index (κ1) is 19.0. The highest BCUT2D eigenvalue weighted by atomic mass is 19.1. The lowest BCUT2D eigenvalue weighted by Crippen LogP contribution is -2.49. The van der Waals surface area contributed by atoms with Gasteiger partial charge in [-0.3, -0.25) is 9.78 Å². The minimum absolute atomic E-state index is 0.0581. The highest BCUT2D eigenvalue weighted by Crippen LogP contribution is 2.17. The number of aryl methyl sites for hydroxylation is 2. The summed E-state index contributed by atoms with van der Waals surface area (Å²) in [6.07, 6.45) is 3.50. The van der Waals surface area contributed by atoms with Crippen LogP contribution in [-0.2, 0) is 11.2 Å². The Hall–Kier alpha value is -3.29. The number of piperazine rings is 1. The van der Waals surface area contributed by atoms with Gasteiger partial charge in [0.05, 0.1) is 24.5 Å². The number of carbonyl (C=O) groups excluding carboxylic acids is 1. The lowest BCUT2D eigenvalue weighted by Gasteiger charge is -2.35. The maximum atomic E-state index is 13.8. The van der Waals surface area contributed by atoms with Crippen molar-refractivity contribution < 1.29 is 9.18 Å². The molecule has 29 heavy (non-hydrogen) atoms. The van der Waals surface area contributed by atoms with Crippen molar-refractivity contribution in [3.05, 3.63) is 65.5 Å². The van der Waals surface area contributed by atoms with E-state index in [1.165, 1.54) is 6.07 Å². The summed E-state index contributed by atoms with van der Waals surface area (Å²) in [7, 11) is 0. The smallest absolute Gasteiger partial charge is 0.227 e. The molecule has 1 aliphatic rings. The molecule has 0 unspecified atom stereocenters. The summed E-state index contributed by atoms with van der Waals surface area (Å²) in [5, 5.41) is 4.46. The molecule has 0 aliphatic carbocycles. The largest absolute Gasteiger partial charge is 0.352 e. The fourth-order valence-corrected chi connectivity index (χ4v) is 3.56. The molecule has 4 rings (SSSR count). The number of anilines is 1. The monoisotopic (exact) mass is 394 g/mol. The third-order valence-corrected chi connectivity index (χ3v) is 5.09. The molecule has 1 aromatic carbocycles. The number of hydrogen-bond acceptors (Lipinski definition) is 5. The average Bonchev–Trinajstić information content (AvgIpc) is 3.08. The predicted molar refractivity (Wildman–Crippen MR) is 108 cm³/mol. The number of halogens is 1. The van der Waals surface area contributed by atoms with Gasteiger partial charge in [0.15, 0.2) is 5.82 Å². The second-order valence-corrected chi connectivity index (χ2v) is 7.21. The minimum atomic E-state index is -0.337. The molecular formula is C21H23FN6O. The Morgan fingerprint density at radius 3 is 2.48 bits per heavy atom. The van der Waals surface area contributed by atoms with E-state index in [0.29, 0.717) is 37.6 Å². The van der Waals surface area contributed by atoms with E-state index in [-0.39, 0.29) is 18.1 Å². The highest BCUT2D eigenvalue weighted by Gasteiger charge is 2.23. The minimum Gasteiger partial charge on any atom is -0.352 e. The first-order chi connectivity index (χ1) is 14.0. The van der Waals surface area contributed by atoms with Crippen LogP contribution in [0.5, 0.6) is 0 Å². The first-order valence-corrected chi connectivity index (χ1v) is 9.63. The zero-order chi connectivity index (χ0) is 20.4. The summed E-state index contributed by atoms with van der Waals surface area (Å²) in [5.74, 6) is 1.04. The molecule has 3 aromatic rings. The van der Waals surface area contributed by atoms with Crippen LogP contribution >= 0.6 is 0 Å². The van der Waals surface area contributed by atoms with Crippen LogP contribution in [0.1, 0.15) is 17.0 Å². The van der Waals surface area contributed by atoms with Crippen molar-refractivity contribution in [2.24, 2.45) is 0 Å². The Labute approximate surface area is 168 Å². The normalized spacial score (nSPS) is 14.3. The Morgan fingerprint density at radius 1 is 1.07 bits per heavy atom. The van der Waals surface area contributed by atoms with E-state index in [0.717, 1.165) is 17.2 Å². The molecular weight excluding hydrogens is 371 g/mol. The molecule has 150 valence electrons. The number of rotatable bonds is 4. The molecule has 1 amide bonds. The summed E-state index contributed by atoms with van der Waals surface area (Å²) in [4.78, 5) is 25.4. The fraction of sp³-hybridized carbons (Fsp3) is 0.333. The van der Waals surface area contributed by atoms with Crippen LogP contribution in [0.15, 0.2) is 42.7 Å². The van der Waals surface area contributed by atoms with Gasteiger partial charge in [-0.2, -0.15) is 5.10 Å². The van der Waals surface area contributed by atoms with Gasteiger partial charge in [0, 0.05) is 31.9 Å². The second-order valence-electron chi connectivity index (χ2n) is 7.21. The summed E-state index contributed by atoms with van der Waals surface area (Å²) in [5.41, 5.74) is 2.36. The average molecular weight is 394 g/mol. The Kier molecular flexibility index (Phi) is 5.24. The molecule has 3 heterocycles. The van der Waals surface area contributed by atoms with Crippen molar-refractivity contribution in [3.63, 3.8) is 0 Å². The Morgan fingerprint density at radius 2 is 1.79 bits per heavy atom. The van der Waals surface area contributed by atoms with Crippen molar-refractivity contribution in [2.45, 2.75) is 20.3 Å². The molecule has 1 fully saturated rings. The third kappa shape index (κ3) is 4.11. The van der Waals surface area contributed by atoms with Crippen LogP contribution in [0.4, 0.5) is 10.2 Å². The van der Waals surface area contributed by atoms with Crippen LogP contribution in [-0.4, -0.2) is 56.7 Å². The van der Waals surface area contributed by atoms with E-state index < -0.39 is 0 Å². The summed E-state index contributed by atoms with van der Waals surface area (Å²) >= 11 is 0. The van der Waals surface area contributed by atoms with Crippen molar-refractivity contribution in [1.82, 2.24) is 24.6 Å². The van der Waals surface area contributed by atoms with Crippen LogP contribution in [0.2, 0.25) is 0 Å². The molecule has 1 aliphatic heterocycles. The van der Waals surface area contributed by atoms with Gasteiger partial charge in [-0.15, -0.1) is 0 Å². The lowest BCUT2D eigenvalue weighted by atomic mass is 10.1.